The van der Waals surface area contributed by atoms with E-state index in [1.54, 1.807) is 0 Å². The summed E-state index contributed by atoms with van der Waals surface area (Å²) in [7, 11) is 0. The van der Waals surface area contributed by atoms with Crippen LogP contribution in [0.3, 0.4) is 0 Å². The number of carbonyl (C=O) groups is 1. The van der Waals surface area contributed by atoms with Gasteiger partial charge in [0, 0.05) is 6.54 Å². The molecule has 0 aromatic heterocycles. The molecular formula is C14H18ClFNO2-. The van der Waals surface area contributed by atoms with Crippen LogP contribution >= 0.6 is 0 Å². The second-order valence-corrected chi connectivity index (χ2v) is 4.73. The van der Waals surface area contributed by atoms with E-state index in [1.807, 2.05) is 6.92 Å². The number of benzene rings is 1. The van der Waals surface area contributed by atoms with Gasteiger partial charge in [-0.2, -0.15) is 0 Å². The molecule has 0 spiro atoms. The molecule has 0 aliphatic carbocycles. The van der Waals surface area contributed by atoms with Crippen LogP contribution in [-0.4, -0.2) is 36.6 Å². The molecule has 1 atom stereocenters. The number of hydrogen-bond acceptors (Lipinski definition) is 3. The summed E-state index contributed by atoms with van der Waals surface area (Å²) in [5.74, 6) is -0.738. The molecule has 1 unspecified atom stereocenters. The minimum atomic E-state index is -0.387. The van der Waals surface area contributed by atoms with E-state index in [9.17, 15) is 9.18 Å². The fourth-order valence-corrected chi connectivity index (χ4v) is 2.20. The molecule has 1 aromatic carbocycles. The van der Waals surface area contributed by atoms with Gasteiger partial charge in [0.1, 0.15) is 11.9 Å². The molecule has 1 aliphatic heterocycles. The van der Waals surface area contributed by atoms with E-state index in [1.165, 1.54) is 37.1 Å². The van der Waals surface area contributed by atoms with E-state index in [2.05, 4.69) is 4.90 Å². The minimum absolute atomic E-state index is 0. The van der Waals surface area contributed by atoms with Crippen LogP contribution < -0.4 is 12.4 Å². The summed E-state index contributed by atoms with van der Waals surface area (Å²) in [5, 5.41) is 0. The molecule has 19 heavy (non-hydrogen) atoms. The zero-order chi connectivity index (χ0) is 13.0. The maximum Gasteiger partial charge on any atom is 0.338 e. The van der Waals surface area contributed by atoms with E-state index in [4.69, 9.17) is 4.74 Å². The van der Waals surface area contributed by atoms with Gasteiger partial charge in [-0.3, -0.25) is 4.90 Å². The summed E-state index contributed by atoms with van der Waals surface area (Å²) in [5.41, 5.74) is 0.393. The molecule has 106 valence electrons. The first-order valence-electron chi connectivity index (χ1n) is 6.34. The summed E-state index contributed by atoms with van der Waals surface area (Å²) in [6.45, 7) is 4.82. The molecule has 0 radical (unpaired) electrons. The predicted molar refractivity (Wildman–Crippen MR) is 67.0 cm³/mol. The molecule has 0 amide bonds. The lowest BCUT2D eigenvalue weighted by molar-refractivity contribution is -0.0000403. The van der Waals surface area contributed by atoms with E-state index >= 15 is 0 Å². The smallest absolute Gasteiger partial charge is 0.338 e. The number of hydrogen-bond donors (Lipinski definition) is 0. The molecule has 3 nitrogen and oxygen atoms in total. The van der Waals surface area contributed by atoms with Crippen molar-refractivity contribution in [2.75, 3.05) is 19.6 Å². The third kappa shape index (κ3) is 4.80. The standard InChI is InChI=1S/C14H18FNO2.ClH/c1-11(10-16-8-2-3-9-16)18-14(17)12-4-6-13(15)7-5-12;/h4-7,11H,2-3,8-10H2,1H3;1H/p-1. The first-order valence-corrected chi connectivity index (χ1v) is 6.34. The van der Waals surface area contributed by atoms with E-state index in [0.717, 1.165) is 19.6 Å². The molecule has 1 heterocycles. The number of nitrogens with zero attached hydrogens (tertiary/aromatic N) is 1. The SMILES string of the molecule is CC(CN1CCCC1)OC(=O)c1ccc(F)cc1.[Cl-]. The lowest BCUT2D eigenvalue weighted by atomic mass is 10.2. The van der Waals surface area contributed by atoms with Crippen molar-refractivity contribution in [2.24, 2.45) is 0 Å². The van der Waals surface area contributed by atoms with Crippen LogP contribution in [0.15, 0.2) is 24.3 Å². The largest absolute Gasteiger partial charge is 1.00 e. The highest BCUT2D eigenvalue weighted by atomic mass is 35.5. The number of likely N-dealkylation sites (tertiary alicyclic amines) is 1. The first kappa shape index (κ1) is 15.9. The van der Waals surface area contributed by atoms with Gasteiger partial charge in [-0.05, 0) is 57.1 Å². The van der Waals surface area contributed by atoms with E-state index in [0.29, 0.717) is 5.56 Å². The highest BCUT2D eigenvalue weighted by Gasteiger charge is 2.17. The fourth-order valence-electron chi connectivity index (χ4n) is 2.20. The van der Waals surface area contributed by atoms with Gasteiger partial charge in [-0.1, -0.05) is 0 Å². The number of carbonyl (C=O) groups excluding carboxylic acids is 1. The third-order valence-corrected chi connectivity index (χ3v) is 3.10. The van der Waals surface area contributed by atoms with Crippen LogP contribution in [-0.2, 0) is 4.74 Å². The highest BCUT2D eigenvalue weighted by Crippen LogP contribution is 2.11. The second-order valence-electron chi connectivity index (χ2n) is 4.73. The van der Waals surface area contributed by atoms with Crippen molar-refractivity contribution in [1.82, 2.24) is 4.90 Å². The van der Waals surface area contributed by atoms with E-state index in [-0.39, 0.29) is 30.3 Å². The average Bonchev–Trinajstić information content (AvgIpc) is 2.82. The van der Waals surface area contributed by atoms with Crippen LogP contribution in [0.25, 0.3) is 0 Å². The van der Waals surface area contributed by atoms with Crippen molar-refractivity contribution >= 4 is 5.97 Å². The van der Waals surface area contributed by atoms with Gasteiger partial charge < -0.3 is 17.1 Å². The Kier molecular flexibility index (Phi) is 6.25. The van der Waals surface area contributed by atoms with Gasteiger partial charge in [0.05, 0.1) is 5.56 Å². The van der Waals surface area contributed by atoms with Crippen molar-refractivity contribution in [3.8, 4) is 0 Å². The van der Waals surface area contributed by atoms with Gasteiger partial charge in [0.15, 0.2) is 0 Å². The maximum absolute atomic E-state index is 12.7. The topological polar surface area (TPSA) is 29.5 Å². The van der Waals surface area contributed by atoms with Crippen molar-refractivity contribution in [1.29, 1.82) is 0 Å². The Morgan fingerprint density at radius 2 is 1.89 bits per heavy atom. The Balaban J connectivity index is 0.00000180. The molecule has 2 rings (SSSR count). The Morgan fingerprint density at radius 1 is 1.32 bits per heavy atom. The Hall–Kier alpha value is -1.13. The third-order valence-electron chi connectivity index (χ3n) is 3.10. The van der Waals surface area contributed by atoms with Crippen molar-refractivity contribution in [3.05, 3.63) is 35.6 Å². The monoisotopic (exact) mass is 286 g/mol. The summed E-state index contributed by atoms with van der Waals surface area (Å²) < 4.78 is 18.1. The first-order chi connectivity index (χ1) is 8.65. The molecule has 0 saturated carbocycles. The van der Waals surface area contributed by atoms with Gasteiger partial charge in [-0.15, -0.1) is 0 Å². The van der Waals surface area contributed by atoms with Crippen molar-refractivity contribution < 1.29 is 26.3 Å². The number of ether oxygens (including phenoxy) is 1. The second kappa shape index (κ2) is 7.46. The average molecular weight is 287 g/mol. The molecule has 1 saturated heterocycles. The van der Waals surface area contributed by atoms with Gasteiger partial charge in [0.2, 0.25) is 0 Å². The molecule has 1 fully saturated rings. The zero-order valence-corrected chi connectivity index (χ0v) is 11.7. The van der Waals surface area contributed by atoms with Gasteiger partial charge in [0.25, 0.3) is 0 Å². The Morgan fingerprint density at radius 3 is 2.47 bits per heavy atom. The molecule has 0 bridgehead atoms. The molecule has 1 aromatic rings. The number of rotatable bonds is 4. The van der Waals surface area contributed by atoms with Crippen LogP contribution in [0.5, 0.6) is 0 Å². The van der Waals surface area contributed by atoms with Crippen LogP contribution in [0, 0.1) is 5.82 Å². The summed E-state index contributed by atoms with van der Waals surface area (Å²) in [6, 6.07) is 5.42. The Labute approximate surface area is 119 Å². The highest BCUT2D eigenvalue weighted by molar-refractivity contribution is 5.89. The van der Waals surface area contributed by atoms with Crippen molar-refractivity contribution in [2.45, 2.75) is 25.9 Å². The maximum atomic E-state index is 12.7. The van der Waals surface area contributed by atoms with Crippen LogP contribution in [0.1, 0.15) is 30.1 Å². The predicted octanol–water partition coefficient (Wildman–Crippen LogP) is -0.529. The minimum Gasteiger partial charge on any atom is -1.00 e. The normalized spacial score (nSPS) is 16.7. The van der Waals surface area contributed by atoms with Gasteiger partial charge >= 0.3 is 5.97 Å². The number of esters is 1. The number of halogens is 2. The summed E-state index contributed by atoms with van der Waals surface area (Å²) in [4.78, 5) is 14.1. The Bertz CT molecular complexity index is 404. The fraction of sp³-hybridized carbons (Fsp3) is 0.500. The molecular weight excluding hydrogens is 269 g/mol. The van der Waals surface area contributed by atoms with Crippen molar-refractivity contribution in [3.63, 3.8) is 0 Å². The molecule has 5 heteroatoms. The molecule has 1 aliphatic rings. The zero-order valence-electron chi connectivity index (χ0n) is 10.9. The summed E-state index contributed by atoms with van der Waals surface area (Å²) in [6.07, 6.45) is 2.30. The van der Waals surface area contributed by atoms with E-state index < -0.39 is 0 Å². The van der Waals surface area contributed by atoms with Crippen LogP contribution in [0.2, 0.25) is 0 Å². The van der Waals surface area contributed by atoms with Crippen LogP contribution in [0.4, 0.5) is 4.39 Å². The summed E-state index contributed by atoms with van der Waals surface area (Å²) >= 11 is 0. The lowest BCUT2D eigenvalue weighted by Crippen LogP contribution is -3.00. The molecule has 0 N–H and O–H groups in total. The lowest BCUT2D eigenvalue weighted by Gasteiger charge is -2.20. The quantitative estimate of drug-likeness (QED) is 0.697. The van der Waals surface area contributed by atoms with Gasteiger partial charge in [-0.25, -0.2) is 9.18 Å².